The van der Waals surface area contributed by atoms with E-state index in [0.717, 1.165) is 23.9 Å². The molecule has 4 atom stereocenters. The zero-order valence-corrected chi connectivity index (χ0v) is 10.6. The number of hydrogen-bond donors (Lipinski definition) is 1. The van der Waals surface area contributed by atoms with Gasteiger partial charge in [-0.2, -0.15) is 0 Å². The van der Waals surface area contributed by atoms with Crippen LogP contribution >= 0.6 is 0 Å². The predicted octanol–water partition coefficient (Wildman–Crippen LogP) is 2.25. The highest BCUT2D eigenvalue weighted by molar-refractivity contribution is 4.98. The SMILES string of the molecule is CNCC1CCC1N1CCC2CCCCC21. The fourth-order valence-corrected chi connectivity index (χ4v) is 4.34. The molecule has 1 aliphatic heterocycles. The molecule has 0 amide bonds. The molecule has 3 fully saturated rings. The summed E-state index contributed by atoms with van der Waals surface area (Å²) in [6, 6.07) is 1.90. The van der Waals surface area contributed by atoms with Gasteiger partial charge in [0.2, 0.25) is 0 Å². The van der Waals surface area contributed by atoms with Gasteiger partial charge in [0.15, 0.2) is 0 Å². The lowest BCUT2D eigenvalue weighted by Crippen LogP contribution is -2.53. The number of rotatable bonds is 3. The Morgan fingerprint density at radius 2 is 1.88 bits per heavy atom. The first-order valence-corrected chi connectivity index (χ1v) is 7.30. The zero-order chi connectivity index (χ0) is 11.0. The summed E-state index contributed by atoms with van der Waals surface area (Å²) in [7, 11) is 2.10. The van der Waals surface area contributed by atoms with E-state index in [1.54, 1.807) is 0 Å². The van der Waals surface area contributed by atoms with Gasteiger partial charge in [-0.15, -0.1) is 0 Å². The Labute approximate surface area is 99.8 Å². The molecule has 0 aromatic rings. The van der Waals surface area contributed by atoms with Crippen molar-refractivity contribution in [2.24, 2.45) is 11.8 Å². The van der Waals surface area contributed by atoms with Crippen molar-refractivity contribution >= 4 is 0 Å². The predicted molar refractivity (Wildman–Crippen MR) is 67.5 cm³/mol. The van der Waals surface area contributed by atoms with Crippen LogP contribution in [0, 0.1) is 11.8 Å². The molecule has 0 radical (unpaired) electrons. The van der Waals surface area contributed by atoms with Crippen LogP contribution in [0.1, 0.15) is 44.9 Å². The molecule has 1 heterocycles. The third-order valence-corrected chi connectivity index (χ3v) is 5.32. The maximum atomic E-state index is 3.37. The summed E-state index contributed by atoms with van der Waals surface area (Å²) in [4.78, 5) is 2.90. The second-order valence-corrected chi connectivity index (χ2v) is 6.10. The van der Waals surface area contributed by atoms with Crippen molar-refractivity contribution in [3.8, 4) is 0 Å². The van der Waals surface area contributed by atoms with Crippen LogP contribution < -0.4 is 5.32 Å². The molecule has 2 heteroatoms. The van der Waals surface area contributed by atoms with Gasteiger partial charge in [-0.05, 0) is 64.1 Å². The van der Waals surface area contributed by atoms with Crippen molar-refractivity contribution in [1.82, 2.24) is 10.2 Å². The molecule has 1 N–H and O–H groups in total. The monoisotopic (exact) mass is 222 g/mol. The minimum Gasteiger partial charge on any atom is -0.319 e. The summed E-state index contributed by atoms with van der Waals surface area (Å²) in [6.07, 6.45) is 10.4. The van der Waals surface area contributed by atoms with Gasteiger partial charge in [-0.1, -0.05) is 12.8 Å². The minimum absolute atomic E-state index is 0.931. The van der Waals surface area contributed by atoms with Crippen LogP contribution in [0.15, 0.2) is 0 Å². The van der Waals surface area contributed by atoms with Crippen molar-refractivity contribution in [2.45, 2.75) is 57.0 Å². The van der Waals surface area contributed by atoms with E-state index in [0.29, 0.717) is 0 Å². The maximum Gasteiger partial charge on any atom is 0.0139 e. The van der Waals surface area contributed by atoms with Crippen LogP contribution in [0.25, 0.3) is 0 Å². The summed E-state index contributed by atoms with van der Waals surface area (Å²) in [6.45, 7) is 2.64. The number of likely N-dealkylation sites (tertiary alicyclic amines) is 1. The molecule has 2 aliphatic carbocycles. The second-order valence-electron chi connectivity index (χ2n) is 6.10. The van der Waals surface area contributed by atoms with E-state index in [1.807, 2.05) is 0 Å². The van der Waals surface area contributed by atoms with Gasteiger partial charge in [-0.3, -0.25) is 4.90 Å². The normalized spacial score (nSPS) is 44.1. The number of nitrogens with one attached hydrogen (secondary N) is 1. The van der Waals surface area contributed by atoms with Crippen molar-refractivity contribution in [3.05, 3.63) is 0 Å². The van der Waals surface area contributed by atoms with Gasteiger partial charge in [0.05, 0.1) is 0 Å². The lowest BCUT2D eigenvalue weighted by Gasteiger charge is -2.46. The van der Waals surface area contributed by atoms with E-state index >= 15 is 0 Å². The van der Waals surface area contributed by atoms with Crippen molar-refractivity contribution < 1.29 is 0 Å². The van der Waals surface area contributed by atoms with E-state index < -0.39 is 0 Å². The Balaban J connectivity index is 1.62. The number of fused-ring (bicyclic) bond motifs is 1. The molecule has 92 valence electrons. The van der Waals surface area contributed by atoms with Gasteiger partial charge in [0, 0.05) is 12.1 Å². The van der Waals surface area contributed by atoms with Gasteiger partial charge in [0.1, 0.15) is 0 Å². The molecule has 1 saturated heterocycles. The largest absolute Gasteiger partial charge is 0.319 e. The molecule has 3 aliphatic rings. The lowest BCUT2D eigenvalue weighted by molar-refractivity contribution is 0.0348. The van der Waals surface area contributed by atoms with Gasteiger partial charge < -0.3 is 5.32 Å². The van der Waals surface area contributed by atoms with Crippen LogP contribution in [0.3, 0.4) is 0 Å². The first kappa shape index (κ1) is 11.0. The third-order valence-electron chi connectivity index (χ3n) is 5.32. The second kappa shape index (κ2) is 4.66. The minimum atomic E-state index is 0.931. The molecule has 3 rings (SSSR count). The molecular formula is C14H26N2. The Morgan fingerprint density at radius 1 is 1.00 bits per heavy atom. The number of nitrogens with zero attached hydrogens (tertiary/aromatic N) is 1. The standard InChI is InChI=1S/C14H26N2/c1-15-10-12-6-7-14(12)16-9-8-11-4-2-3-5-13(11)16/h11-15H,2-10H2,1H3. The highest BCUT2D eigenvalue weighted by Gasteiger charge is 2.44. The molecule has 4 unspecified atom stereocenters. The lowest BCUT2D eigenvalue weighted by atomic mass is 9.77. The van der Waals surface area contributed by atoms with Crippen LogP contribution in [-0.2, 0) is 0 Å². The van der Waals surface area contributed by atoms with E-state index in [-0.39, 0.29) is 0 Å². The zero-order valence-electron chi connectivity index (χ0n) is 10.6. The fraction of sp³-hybridized carbons (Fsp3) is 1.00. The van der Waals surface area contributed by atoms with E-state index in [9.17, 15) is 0 Å². The highest BCUT2D eigenvalue weighted by Crippen LogP contribution is 2.42. The van der Waals surface area contributed by atoms with Gasteiger partial charge in [0.25, 0.3) is 0 Å². The fourth-order valence-electron chi connectivity index (χ4n) is 4.34. The first-order chi connectivity index (χ1) is 7.90. The molecule has 0 aromatic heterocycles. The summed E-state index contributed by atoms with van der Waals surface area (Å²) in [5.74, 6) is 2.01. The third kappa shape index (κ3) is 1.80. The van der Waals surface area contributed by atoms with E-state index in [2.05, 4.69) is 17.3 Å². The first-order valence-electron chi connectivity index (χ1n) is 7.30. The van der Waals surface area contributed by atoms with Gasteiger partial charge in [-0.25, -0.2) is 0 Å². The maximum absolute atomic E-state index is 3.37. The van der Waals surface area contributed by atoms with Crippen molar-refractivity contribution in [3.63, 3.8) is 0 Å². The average molecular weight is 222 g/mol. The Morgan fingerprint density at radius 3 is 2.62 bits per heavy atom. The molecule has 0 bridgehead atoms. The quantitative estimate of drug-likeness (QED) is 0.788. The summed E-state index contributed by atoms with van der Waals surface area (Å²) in [5, 5.41) is 3.37. The van der Waals surface area contributed by atoms with Crippen molar-refractivity contribution in [1.29, 1.82) is 0 Å². The highest BCUT2D eigenvalue weighted by atomic mass is 15.2. The van der Waals surface area contributed by atoms with Crippen LogP contribution in [0.5, 0.6) is 0 Å². The van der Waals surface area contributed by atoms with E-state index in [4.69, 9.17) is 0 Å². The topological polar surface area (TPSA) is 15.3 Å². The Hall–Kier alpha value is -0.0800. The molecule has 2 nitrogen and oxygen atoms in total. The summed E-state index contributed by atoms with van der Waals surface area (Å²) >= 11 is 0. The van der Waals surface area contributed by atoms with E-state index in [1.165, 1.54) is 58.0 Å². The smallest absolute Gasteiger partial charge is 0.0139 e. The van der Waals surface area contributed by atoms with Crippen LogP contribution in [0.4, 0.5) is 0 Å². The Bertz CT molecular complexity index is 241. The molecular weight excluding hydrogens is 196 g/mol. The summed E-state index contributed by atoms with van der Waals surface area (Å²) < 4.78 is 0. The average Bonchev–Trinajstić information content (AvgIpc) is 2.69. The molecule has 16 heavy (non-hydrogen) atoms. The molecule has 0 spiro atoms. The van der Waals surface area contributed by atoms with Crippen LogP contribution in [-0.4, -0.2) is 37.1 Å². The Kier molecular flexibility index (Phi) is 3.21. The van der Waals surface area contributed by atoms with Crippen LogP contribution in [0.2, 0.25) is 0 Å². The number of hydrogen-bond acceptors (Lipinski definition) is 2. The molecule has 2 saturated carbocycles. The summed E-state index contributed by atoms with van der Waals surface area (Å²) in [5.41, 5.74) is 0. The van der Waals surface area contributed by atoms with Crippen molar-refractivity contribution in [2.75, 3.05) is 20.1 Å². The van der Waals surface area contributed by atoms with Gasteiger partial charge >= 0.3 is 0 Å². The molecule has 0 aromatic carbocycles.